The zero-order chi connectivity index (χ0) is 16.7. The summed E-state index contributed by atoms with van der Waals surface area (Å²) in [5.74, 6) is -2.25. The quantitative estimate of drug-likeness (QED) is 0.393. The van der Waals surface area contributed by atoms with Crippen molar-refractivity contribution in [2.45, 2.75) is 0 Å². The lowest BCUT2D eigenvalue weighted by Gasteiger charge is -2.10. The van der Waals surface area contributed by atoms with Crippen molar-refractivity contribution in [2.75, 3.05) is 10.6 Å². The standard InChI is InChI=1S/C17H14N2O4/c1-2-15(20)23-14-11-7-6-10-13(14)19-17(22)16(21)18-12-8-4-3-5-9-12/h2-11H,1H2,(H,18,21)(H,19,22). The predicted octanol–water partition coefficient (Wildman–Crippen LogP) is 2.36. The molecule has 2 aromatic carbocycles. The Labute approximate surface area is 132 Å². The molecule has 0 aliphatic rings. The summed E-state index contributed by atoms with van der Waals surface area (Å²) in [5, 5.41) is 4.86. The molecule has 0 bridgehead atoms. The fourth-order valence-electron chi connectivity index (χ4n) is 1.70. The van der Waals surface area contributed by atoms with E-state index in [0.29, 0.717) is 5.69 Å². The third kappa shape index (κ3) is 4.53. The van der Waals surface area contributed by atoms with Gasteiger partial charge in [0.05, 0.1) is 5.69 Å². The van der Waals surface area contributed by atoms with Gasteiger partial charge in [-0.1, -0.05) is 36.9 Å². The van der Waals surface area contributed by atoms with Crippen LogP contribution in [0.5, 0.6) is 5.75 Å². The maximum Gasteiger partial charge on any atom is 0.335 e. The SMILES string of the molecule is C=CC(=O)Oc1ccccc1NC(=O)C(=O)Nc1ccccc1. The number of rotatable bonds is 4. The summed E-state index contributed by atoms with van der Waals surface area (Å²) < 4.78 is 4.99. The molecule has 0 aromatic heterocycles. The first kappa shape index (κ1) is 16.0. The summed E-state index contributed by atoms with van der Waals surface area (Å²) in [6, 6.07) is 14.8. The van der Waals surface area contributed by atoms with E-state index in [0.717, 1.165) is 6.08 Å². The van der Waals surface area contributed by atoms with Gasteiger partial charge in [-0.2, -0.15) is 0 Å². The van der Waals surface area contributed by atoms with Crippen molar-refractivity contribution in [1.29, 1.82) is 0 Å². The number of nitrogens with one attached hydrogen (secondary N) is 2. The predicted molar refractivity (Wildman–Crippen MR) is 86.0 cm³/mol. The molecule has 0 spiro atoms. The molecule has 0 fully saturated rings. The minimum absolute atomic E-state index is 0.123. The highest BCUT2D eigenvalue weighted by atomic mass is 16.5. The van der Waals surface area contributed by atoms with Crippen molar-refractivity contribution >= 4 is 29.2 Å². The second-order valence-electron chi connectivity index (χ2n) is 4.40. The van der Waals surface area contributed by atoms with Crippen molar-refractivity contribution < 1.29 is 19.1 Å². The van der Waals surface area contributed by atoms with E-state index in [4.69, 9.17) is 4.74 Å². The summed E-state index contributed by atoms with van der Waals surface area (Å²) in [6.07, 6.45) is 1.00. The molecule has 6 heteroatoms. The van der Waals surface area contributed by atoms with E-state index < -0.39 is 17.8 Å². The number of anilines is 2. The van der Waals surface area contributed by atoms with Gasteiger partial charge in [0.1, 0.15) is 0 Å². The molecule has 0 aliphatic carbocycles. The number of hydrogen-bond donors (Lipinski definition) is 2. The van der Waals surface area contributed by atoms with Crippen LogP contribution in [0.25, 0.3) is 0 Å². The molecule has 2 rings (SSSR count). The van der Waals surface area contributed by atoms with Gasteiger partial charge in [0.25, 0.3) is 0 Å². The Morgan fingerprint density at radius 3 is 2.17 bits per heavy atom. The highest BCUT2D eigenvalue weighted by Gasteiger charge is 2.16. The van der Waals surface area contributed by atoms with E-state index in [1.807, 2.05) is 0 Å². The third-order valence-electron chi connectivity index (χ3n) is 2.75. The van der Waals surface area contributed by atoms with Crippen molar-refractivity contribution in [2.24, 2.45) is 0 Å². The lowest BCUT2D eigenvalue weighted by molar-refractivity contribution is -0.133. The van der Waals surface area contributed by atoms with Gasteiger partial charge in [-0.15, -0.1) is 0 Å². The highest BCUT2D eigenvalue weighted by molar-refractivity contribution is 6.43. The number of ether oxygens (including phenoxy) is 1. The van der Waals surface area contributed by atoms with Gasteiger partial charge >= 0.3 is 17.8 Å². The maximum absolute atomic E-state index is 11.9. The van der Waals surface area contributed by atoms with Crippen LogP contribution < -0.4 is 15.4 Å². The monoisotopic (exact) mass is 310 g/mol. The summed E-state index contributed by atoms with van der Waals surface area (Å²) >= 11 is 0. The number of esters is 1. The molecule has 23 heavy (non-hydrogen) atoms. The molecule has 2 amide bonds. The van der Waals surface area contributed by atoms with Gasteiger partial charge in [-0.3, -0.25) is 9.59 Å². The molecular formula is C17H14N2O4. The molecular weight excluding hydrogens is 296 g/mol. The molecule has 0 aliphatic heterocycles. The van der Waals surface area contributed by atoms with Gasteiger partial charge in [0.2, 0.25) is 0 Å². The van der Waals surface area contributed by atoms with Gasteiger partial charge < -0.3 is 15.4 Å². The van der Waals surface area contributed by atoms with Crippen LogP contribution in [0, 0.1) is 0 Å². The average Bonchev–Trinajstić information content (AvgIpc) is 2.57. The second-order valence-corrected chi connectivity index (χ2v) is 4.40. The number of carbonyl (C=O) groups is 3. The fraction of sp³-hybridized carbons (Fsp3) is 0. The van der Waals surface area contributed by atoms with E-state index >= 15 is 0 Å². The van der Waals surface area contributed by atoms with Gasteiger partial charge in [-0.05, 0) is 24.3 Å². The van der Waals surface area contributed by atoms with Crippen molar-refractivity contribution in [3.05, 3.63) is 67.3 Å². The van der Waals surface area contributed by atoms with Crippen LogP contribution in [-0.2, 0) is 14.4 Å². The molecule has 2 N–H and O–H groups in total. The Bertz CT molecular complexity index is 741. The largest absolute Gasteiger partial charge is 0.421 e. The first-order valence-corrected chi connectivity index (χ1v) is 6.71. The summed E-state index contributed by atoms with van der Waals surface area (Å²) in [7, 11) is 0. The summed E-state index contributed by atoms with van der Waals surface area (Å²) in [6.45, 7) is 3.30. The Morgan fingerprint density at radius 1 is 0.870 bits per heavy atom. The topological polar surface area (TPSA) is 84.5 Å². The van der Waals surface area contributed by atoms with E-state index in [1.54, 1.807) is 42.5 Å². The molecule has 0 atom stereocenters. The first-order chi connectivity index (χ1) is 11.1. The van der Waals surface area contributed by atoms with Crippen LogP contribution in [0.3, 0.4) is 0 Å². The van der Waals surface area contributed by atoms with Crippen LogP contribution >= 0.6 is 0 Å². The Balaban J connectivity index is 2.06. The van der Waals surface area contributed by atoms with E-state index in [-0.39, 0.29) is 11.4 Å². The van der Waals surface area contributed by atoms with E-state index in [1.165, 1.54) is 12.1 Å². The molecule has 0 radical (unpaired) electrons. The van der Waals surface area contributed by atoms with E-state index in [2.05, 4.69) is 17.2 Å². The Morgan fingerprint density at radius 2 is 1.48 bits per heavy atom. The molecule has 2 aromatic rings. The lowest BCUT2D eigenvalue weighted by atomic mass is 10.3. The number of benzene rings is 2. The summed E-state index contributed by atoms with van der Waals surface area (Å²) in [4.78, 5) is 35.1. The summed E-state index contributed by atoms with van der Waals surface area (Å²) in [5.41, 5.74) is 0.704. The molecule has 6 nitrogen and oxygen atoms in total. The molecule has 116 valence electrons. The maximum atomic E-state index is 11.9. The third-order valence-corrected chi connectivity index (χ3v) is 2.75. The van der Waals surface area contributed by atoms with Crippen LogP contribution in [0.1, 0.15) is 0 Å². The lowest BCUT2D eigenvalue weighted by Crippen LogP contribution is -2.29. The second kappa shape index (κ2) is 7.56. The molecule has 0 saturated carbocycles. The number of para-hydroxylation sites is 3. The highest BCUT2D eigenvalue weighted by Crippen LogP contribution is 2.24. The van der Waals surface area contributed by atoms with Gasteiger partial charge in [-0.25, -0.2) is 4.79 Å². The van der Waals surface area contributed by atoms with Crippen molar-refractivity contribution in [3.8, 4) is 5.75 Å². The first-order valence-electron chi connectivity index (χ1n) is 6.71. The minimum atomic E-state index is -0.879. The molecule has 0 saturated heterocycles. The van der Waals surface area contributed by atoms with E-state index in [9.17, 15) is 14.4 Å². The zero-order valence-electron chi connectivity index (χ0n) is 12.1. The fourth-order valence-corrected chi connectivity index (χ4v) is 1.70. The van der Waals surface area contributed by atoms with Crippen molar-refractivity contribution in [3.63, 3.8) is 0 Å². The zero-order valence-corrected chi connectivity index (χ0v) is 12.1. The van der Waals surface area contributed by atoms with Gasteiger partial charge in [0.15, 0.2) is 5.75 Å². The van der Waals surface area contributed by atoms with Crippen LogP contribution in [-0.4, -0.2) is 17.8 Å². The smallest absolute Gasteiger partial charge is 0.335 e. The minimum Gasteiger partial charge on any atom is -0.421 e. The van der Waals surface area contributed by atoms with Crippen molar-refractivity contribution in [1.82, 2.24) is 0 Å². The van der Waals surface area contributed by atoms with Gasteiger partial charge in [0, 0.05) is 11.8 Å². The number of carbonyl (C=O) groups excluding carboxylic acids is 3. The van der Waals surface area contributed by atoms with Crippen LogP contribution in [0.2, 0.25) is 0 Å². The van der Waals surface area contributed by atoms with Crippen LogP contribution in [0.15, 0.2) is 67.3 Å². The molecule has 0 heterocycles. The Hall–Kier alpha value is -3.41. The Kier molecular flexibility index (Phi) is 5.25. The normalized spacial score (nSPS) is 9.57. The number of amides is 2. The van der Waals surface area contributed by atoms with Crippen LogP contribution in [0.4, 0.5) is 11.4 Å². The number of hydrogen-bond acceptors (Lipinski definition) is 4. The average molecular weight is 310 g/mol. The molecule has 0 unspecified atom stereocenters.